The fraction of sp³-hybridized carbons (Fsp3) is 0.235. The highest BCUT2D eigenvalue weighted by atomic mass is 35.5. The Balaban J connectivity index is 2.25. The molecule has 2 rings (SSSR count). The average molecular weight is 399 g/mol. The maximum Gasteiger partial charge on any atom is 0.245 e. The van der Waals surface area contributed by atoms with E-state index < -0.39 is 22.5 Å². The Hall–Kier alpha value is -2.45. The Bertz CT molecular complexity index is 902. The summed E-state index contributed by atoms with van der Waals surface area (Å²) in [6.07, 6.45) is 1.01. The summed E-state index contributed by atoms with van der Waals surface area (Å²) in [5.41, 5.74) is 0.624. The first kappa shape index (κ1) is 19.9. The van der Waals surface area contributed by atoms with Gasteiger partial charge in [-0.15, -0.1) is 0 Å². The number of rotatable bonds is 7. The summed E-state index contributed by atoms with van der Waals surface area (Å²) < 4.78 is 35.5. The topological polar surface area (TPSA) is 84.9 Å². The summed E-state index contributed by atoms with van der Waals surface area (Å²) >= 11 is 6.08. The summed E-state index contributed by atoms with van der Waals surface area (Å²) in [7, 11) is -0.748. The van der Waals surface area contributed by atoms with Crippen LogP contribution in [0.5, 0.6) is 11.5 Å². The molecule has 140 valence electrons. The molecule has 0 atom stereocenters. The van der Waals surface area contributed by atoms with Gasteiger partial charge in [0.15, 0.2) is 0 Å². The number of methoxy groups -OCH3 is 2. The number of hydrogen-bond donors (Lipinski definition) is 1. The Kier molecular flexibility index (Phi) is 6.33. The number of carbonyl (C=O) groups excluding carboxylic acids is 1. The van der Waals surface area contributed by atoms with Crippen molar-refractivity contribution >= 4 is 38.9 Å². The number of sulfonamides is 1. The van der Waals surface area contributed by atoms with Gasteiger partial charge in [0.25, 0.3) is 0 Å². The molecule has 1 N–H and O–H groups in total. The zero-order valence-electron chi connectivity index (χ0n) is 14.5. The van der Waals surface area contributed by atoms with Crippen LogP contribution in [0.1, 0.15) is 0 Å². The van der Waals surface area contributed by atoms with Gasteiger partial charge in [-0.2, -0.15) is 0 Å². The minimum absolute atomic E-state index is 0.229. The average Bonchev–Trinajstić information content (AvgIpc) is 2.60. The lowest BCUT2D eigenvalue weighted by atomic mass is 10.2. The van der Waals surface area contributed by atoms with Gasteiger partial charge in [0.05, 0.1) is 36.9 Å². The third-order valence-corrected chi connectivity index (χ3v) is 4.94. The molecule has 0 heterocycles. The van der Waals surface area contributed by atoms with E-state index in [1.54, 1.807) is 36.4 Å². The number of halogens is 1. The normalized spacial score (nSPS) is 10.9. The third-order valence-electron chi connectivity index (χ3n) is 3.49. The van der Waals surface area contributed by atoms with Crippen molar-refractivity contribution in [3.8, 4) is 11.5 Å². The first-order valence-electron chi connectivity index (χ1n) is 7.50. The molecule has 1 amide bonds. The lowest BCUT2D eigenvalue weighted by Gasteiger charge is -2.23. The summed E-state index contributed by atoms with van der Waals surface area (Å²) in [5, 5.41) is 2.87. The van der Waals surface area contributed by atoms with Gasteiger partial charge in [-0.3, -0.25) is 9.10 Å². The largest absolute Gasteiger partial charge is 0.497 e. The van der Waals surface area contributed by atoms with E-state index in [1.165, 1.54) is 20.3 Å². The molecule has 0 aromatic heterocycles. The number of amides is 1. The van der Waals surface area contributed by atoms with E-state index >= 15 is 0 Å². The van der Waals surface area contributed by atoms with Crippen molar-refractivity contribution in [1.82, 2.24) is 0 Å². The number of carbonyl (C=O) groups is 1. The lowest BCUT2D eigenvalue weighted by Crippen LogP contribution is -2.37. The van der Waals surface area contributed by atoms with Crippen LogP contribution in [0, 0.1) is 0 Å². The van der Waals surface area contributed by atoms with E-state index in [2.05, 4.69) is 5.32 Å². The van der Waals surface area contributed by atoms with Crippen molar-refractivity contribution < 1.29 is 22.7 Å². The minimum Gasteiger partial charge on any atom is -0.497 e. The minimum atomic E-state index is -3.72. The van der Waals surface area contributed by atoms with Crippen LogP contribution >= 0.6 is 11.6 Å². The van der Waals surface area contributed by atoms with E-state index in [0.717, 1.165) is 10.6 Å². The SMILES string of the molecule is COc1ccc(NC(=O)CN(c2ccccc2Cl)S(C)(=O)=O)c(OC)c1. The Morgan fingerprint density at radius 2 is 1.85 bits per heavy atom. The highest BCUT2D eigenvalue weighted by molar-refractivity contribution is 7.92. The molecule has 0 aliphatic carbocycles. The van der Waals surface area contributed by atoms with Crippen LogP contribution in [0.25, 0.3) is 0 Å². The zero-order valence-corrected chi connectivity index (χ0v) is 16.1. The second-order valence-electron chi connectivity index (χ2n) is 5.34. The molecular formula is C17H19ClN2O5S. The summed E-state index contributed by atoms with van der Waals surface area (Å²) in [4.78, 5) is 12.4. The highest BCUT2D eigenvalue weighted by Gasteiger charge is 2.23. The molecule has 2 aromatic carbocycles. The molecule has 0 bridgehead atoms. The molecule has 0 saturated carbocycles. The van der Waals surface area contributed by atoms with Crippen LogP contribution in [-0.2, 0) is 14.8 Å². The van der Waals surface area contributed by atoms with Crippen molar-refractivity contribution in [2.24, 2.45) is 0 Å². The van der Waals surface area contributed by atoms with Crippen molar-refractivity contribution in [2.75, 3.05) is 36.6 Å². The first-order chi connectivity index (χ1) is 12.3. The Morgan fingerprint density at radius 3 is 2.42 bits per heavy atom. The second kappa shape index (κ2) is 8.29. The molecule has 0 aliphatic heterocycles. The van der Waals surface area contributed by atoms with Crippen molar-refractivity contribution in [2.45, 2.75) is 0 Å². The fourth-order valence-corrected chi connectivity index (χ4v) is 3.41. The van der Waals surface area contributed by atoms with Crippen LogP contribution in [0.2, 0.25) is 5.02 Å². The van der Waals surface area contributed by atoms with Crippen LogP contribution in [0.15, 0.2) is 42.5 Å². The number of para-hydroxylation sites is 1. The van der Waals surface area contributed by atoms with Crippen molar-refractivity contribution in [3.63, 3.8) is 0 Å². The van der Waals surface area contributed by atoms with Gasteiger partial charge >= 0.3 is 0 Å². The molecule has 0 aliphatic rings. The van der Waals surface area contributed by atoms with Gasteiger partial charge < -0.3 is 14.8 Å². The molecule has 0 spiro atoms. The highest BCUT2D eigenvalue weighted by Crippen LogP contribution is 2.30. The zero-order chi connectivity index (χ0) is 19.3. The molecule has 7 nitrogen and oxygen atoms in total. The van der Waals surface area contributed by atoms with Gasteiger partial charge in [-0.25, -0.2) is 8.42 Å². The van der Waals surface area contributed by atoms with E-state index in [0.29, 0.717) is 17.2 Å². The number of hydrogen-bond acceptors (Lipinski definition) is 5. The van der Waals surface area contributed by atoms with Gasteiger partial charge in [0.2, 0.25) is 15.9 Å². The Labute approximate surface area is 157 Å². The fourth-order valence-electron chi connectivity index (χ4n) is 2.26. The third kappa shape index (κ3) is 4.80. The maximum atomic E-state index is 12.4. The number of benzene rings is 2. The van der Waals surface area contributed by atoms with E-state index in [1.807, 2.05) is 0 Å². The maximum absolute atomic E-state index is 12.4. The number of anilines is 2. The number of nitrogens with one attached hydrogen (secondary N) is 1. The monoisotopic (exact) mass is 398 g/mol. The predicted octanol–water partition coefficient (Wildman–Crippen LogP) is 2.76. The van der Waals surface area contributed by atoms with Crippen LogP contribution < -0.4 is 19.1 Å². The lowest BCUT2D eigenvalue weighted by molar-refractivity contribution is -0.114. The smallest absolute Gasteiger partial charge is 0.245 e. The van der Waals surface area contributed by atoms with Gasteiger partial charge in [-0.05, 0) is 24.3 Å². The van der Waals surface area contributed by atoms with Crippen molar-refractivity contribution in [3.05, 3.63) is 47.5 Å². The molecule has 0 fully saturated rings. The van der Waals surface area contributed by atoms with Gasteiger partial charge in [-0.1, -0.05) is 23.7 Å². The van der Waals surface area contributed by atoms with Crippen LogP contribution in [-0.4, -0.2) is 41.3 Å². The molecule has 0 radical (unpaired) electrons. The van der Waals surface area contributed by atoms with Gasteiger partial charge in [0.1, 0.15) is 18.0 Å². The molecule has 2 aromatic rings. The second-order valence-corrected chi connectivity index (χ2v) is 7.65. The Morgan fingerprint density at radius 1 is 1.15 bits per heavy atom. The summed E-state index contributed by atoms with van der Waals surface area (Å²) in [6, 6.07) is 11.3. The first-order valence-corrected chi connectivity index (χ1v) is 9.73. The van der Waals surface area contributed by atoms with E-state index in [-0.39, 0.29) is 10.7 Å². The molecule has 26 heavy (non-hydrogen) atoms. The van der Waals surface area contributed by atoms with Crippen LogP contribution in [0.4, 0.5) is 11.4 Å². The van der Waals surface area contributed by atoms with Crippen molar-refractivity contribution in [1.29, 1.82) is 0 Å². The molecule has 0 unspecified atom stereocenters. The quantitative estimate of drug-likeness (QED) is 0.775. The predicted molar refractivity (Wildman–Crippen MR) is 102 cm³/mol. The van der Waals surface area contributed by atoms with Crippen LogP contribution in [0.3, 0.4) is 0 Å². The molecule has 0 saturated heterocycles. The summed E-state index contributed by atoms with van der Waals surface area (Å²) in [5.74, 6) is 0.411. The number of ether oxygens (including phenoxy) is 2. The number of nitrogens with zero attached hydrogens (tertiary/aromatic N) is 1. The van der Waals surface area contributed by atoms with Gasteiger partial charge in [0, 0.05) is 6.07 Å². The van der Waals surface area contributed by atoms with E-state index in [9.17, 15) is 13.2 Å². The molecule has 9 heteroatoms. The molecular weight excluding hydrogens is 380 g/mol. The van der Waals surface area contributed by atoms with E-state index in [4.69, 9.17) is 21.1 Å². The summed E-state index contributed by atoms with van der Waals surface area (Å²) in [6.45, 7) is -0.433. The standard InChI is InChI=1S/C17H19ClN2O5S/c1-24-12-8-9-14(16(10-12)25-2)19-17(21)11-20(26(3,22)23)15-7-5-4-6-13(15)18/h4-10H,11H2,1-3H3,(H,19,21).